The number of carbonyl (C=O) groups excluding carboxylic acids is 2. The van der Waals surface area contributed by atoms with Crippen LogP contribution < -0.4 is 5.32 Å². The van der Waals surface area contributed by atoms with Crippen LogP contribution in [0.15, 0.2) is 17.3 Å². The minimum absolute atomic E-state index is 0.00414. The average Bonchev–Trinajstić information content (AvgIpc) is 3.00. The number of hydrogen-bond acceptors (Lipinski definition) is 7. The molecule has 1 fully saturated rings. The van der Waals surface area contributed by atoms with E-state index in [9.17, 15) is 9.59 Å². The van der Waals surface area contributed by atoms with Crippen LogP contribution in [0.2, 0.25) is 0 Å². The highest BCUT2D eigenvalue weighted by atomic mass is 16.7. The number of nitrogens with one attached hydrogen (secondary N) is 1. The summed E-state index contributed by atoms with van der Waals surface area (Å²) < 4.78 is 16.1. The standard InChI is InChI=1S/C19H30N2O6/c1-12-5-8-16(21-24)20-17(22)15(12)9-13-6-7-14(27-13)10-25-18(23)26-11-19(2,3)4/h5,8,12-15,24H,6-7,9-11H2,1-4H3,(H,20,21,22)/t12?,13-,14+,15?/m1/s1. The highest BCUT2D eigenvalue weighted by molar-refractivity contribution is 6.05. The van der Waals surface area contributed by atoms with E-state index in [4.69, 9.17) is 19.4 Å². The second-order valence-corrected chi connectivity index (χ2v) is 8.40. The van der Waals surface area contributed by atoms with Gasteiger partial charge in [0.1, 0.15) is 6.61 Å². The van der Waals surface area contributed by atoms with E-state index in [-0.39, 0.29) is 47.8 Å². The first-order valence-electron chi connectivity index (χ1n) is 9.34. The Bertz CT molecular complexity index is 595. The van der Waals surface area contributed by atoms with E-state index in [0.29, 0.717) is 13.0 Å². The van der Waals surface area contributed by atoms with E-state index in [2.05, 4.69) is 10.5 Å². The van der Waals surface area contributed by atoms with Gasteiger partial charge in [-0.3, -0.25) is 4.79 Å². The fourth-order valence-electron chi connectivity index (χ4n) is 3.09. The van der Waals surface area contributed by atoms with Crippen LogP contribution in [0, 0.1) is 17.3 Å². The summed E-state index contributed by atoms with van der Waals surface area (Å²) in [4.78, 5) is 24.0. The van der Waals surface area contributed by atoms with Crippen molar-refractivity contribution >= 4 is 17.9 Å². The molecule has 0 radical (unpaired) electrons. The molecule has 0 aromatic heterocycles. The minimum Gasteiger partial charge on any atom is -0.434 e. The van der Waals surface area contributed by atoms with E-state index < -0.39 is 6.16 Å². The highest BCUT2D eigenvalue weighted by Gasteiger charge is 2.34. The number of hydrogen-bond donors (Lipinski definition) is 2. The largest absolute Gasteiger partial charge is 0.508 e. The third-order valence-electron chi connectivity index (χ3n) is 4.61. The molecule has 2 rings (SSSR count). The lowest BCUT2D eigenvalue weighted by Crippen LogP contribution is -2.37. The molecule has 1 amide bonds. The van der Waals surface area contributed by atoms with Crippen molar-refractivity contribution in [1.82, 2.24) is 5.32 Å². The van der Waals surface area contributed by atoms with Crippen LogP contribution in [0.4, 0.5) is 4.79 Å². The van der Waals surface area contributed by atoms with Crippen LogP contribution in [-0.2, 0) is 19.0 Å². The summed E-state index contributed by atoms with van der Waals surface area (Å²) in [7, 11) is 0. The lowest BCUT2D eigenvalue weighted by Gasteiger charge is -2.22. The first kappa shape index (κ1) is 21.2. The van der Waals surface area contributed by atoms with Gasteiger partial charge in [-0.1, -0.05) is 38.9 Å². The summed E-state index contributed by atoms with van der Waals surface area (Å²) in [6.07, 6.45) is 4.60. The molecule has 1 saturated heterocycles. The molecule has 0 saturated carbocycles. The van der Waals surface area contributed by atoms with Gasteiger partial charge in [-0.05, 0) is 36.7 Å². The van der Waals surface area contributed by atoms with Gasteiger partial charge in [-0.25, -0.2) is 4.79 Å². The van der Waals surface area contributed by atoms with Gasteiger partial charge in [0.2, 0.25) is 5.91 Å². The van der Waals surface area contributed by atoms with Crippen LogP contribution in [0.3, 0.4) is 0 Å². The van der Waals surface area contributed by atoms with E-state index in [1.807, 2.05) is 33.8 Å². The summed E-state index contributed by atoms with van der Waals surface area (Å²) >= 11 is 0. The third kappa shape index (κ3) is 6.86. The molecule has 8 heteroatoms. The van der Waals surface area contributed by atoms with Gasteiger partial charge in [0.05, 0.1) is 18.8 Å². The SMILES string of the molecule is CC1C=C/C(=N\O)NC(=O)C1C[C@H]1CC[C@@H](COC(=O)OCC(C)(C)C)O1. The lowest BCUT2D eigenvalue weighted by molar-refractivity contribution is -0.126. The molecule has 8 nitrogen and oxygen atoms in total. The number of amidine groups is 1. The number of allylic oxidation sites excluding steroid dienone is 1. The van der Waals surface area contributed by atoms with E-state index >= 15 is 0 Å². The maximum Gasteiger partial charge on any atom is 0.508 e. The predicted molar refractivity (Wildman–Crippen MR) is 98.4 cm³/mol. The zero-order valence-corrected chi connectivity index (χ0v) is 16.4. The second-order valence-electron chi connectivity index (χ2n) is 8.40. The summed E-state index contributed by atoms with van der Waals surface area (Å²) in [5.41, 5.74) is -0.112. The molecule has 27 heavy (non-hydrogen) atoms. The van der Waals surface area contributed by atoms with E-state index in [1.165, 1.54) is 0 Å². The Morgan fingerprint density at radius 2 is 2.04 bits per heavy atom. The van der Waals surface area contributed by atoms with Crippen LogP contribution in [0.25, 0.3) is 0 Å². The van der Waals surface area contributed by atoms with Crippen molar-refractivity contribution in [2.45, 2.75) is 59.2 Å². The first-order chi connectivity index (χ1) is 12.7. The smallest absolute Gasteiger partial charge is 0.434 e. The van der Waals surface area contributed by atoms with Crippen LogP contribution in [0.5, 0.6) is 0 Å². The minimum atomic E-state index is -0.685. The monoisotopic (exact) mass is 382 g/mol. The molecule has 2 aliphatic rings. The average molecular weight is 382 g/mol. The van der Waals surface area contributed by atoms with Crippen LogP contribution >= 0.6 is 0 Å². The highest BCUT2D eigenvalue weighted by Crippen LogP contribution is 2.29. The molecule has 0 aromatic carbocycles. The molecule has 0 spiro atoms. The van der Waals surface area contributed by atoms with Gasteiger partial charge >= 0.3 is 6.16 Å². The van der Waals surface area contributed by atoms with Crippen molar-refractivity contribution in [3.63, 3.8) is 0 Å². The summed E-state index contributed by atoms with van der Waals surface area (Å²) in [5, 5.41) is 14.5. The molecule has 4 atom stereocenters. The molecule has 0 bridgehead atoms. The normalized spacial score (nSPS) is 30.1. The topological polar surface area (TPSA) is 106 Å². The fourth-order valence-corrected chi connectivity index (χ4v) is 3.09. The Labute approximate surface area is 159 Å². The molecule has 152 valence electrons. The maximum atomic E-state index is 12.3. The first-order valence-corrected chi connectivity index (χ1v) is 9.34. The zero-order valence-electron chi connectivity index (χ0n) is 16.4. The Kier molecular flexibility index (Phi) is 7.24. The van der Waals surface area contributed by atoms with E-state index in [1.54, 1.807) is 6.08 Å². The van der Waals surface area contributed by atoms with Gasteiger partial charge in [-0.2, -0.15) is 0 Å². The van der Waals surface area contributed by atoms with Crippen LogP contribution in [-0.4, -0.2) is 48.5 Å². The fraction of sp³-hybridized carbons (Fsp3) is 0.737. The quantitative estimate of drug-likeness (QED) is 0.430. The zero-order chi connectivity index (χ0) is 20.0. The number of nitrogens with zero attached hydrogens (tertiary/aromatic N) is 1. The Balaban J connectivity index is 1.76. The third-order valence-corrected chi connectivity index (χ3v) is 4.61. The van der Waals surface area contributed by atoms with Crippen molar-refractivity contribution in [3.8, 4) is 0 Å². The van der Waals surface area contributed by atoms with Crippen molar-refractivity contribution in [2.75, 3.05) is 13.2 Å². The van der Waals surface area contributed by atoms with Crippen molar-refractivity contribution in [1.29, 1.82) is 0 Å². The summed E-state index contributed by atoms with van der Waals surface area (Å²) in [6.45, 7) is 8.30. The Morgan fingerprint density at radius 3 is 2.70 bits per heavy atom. The van der Waals surface area contributed by atoms with Gasteiger partial charge in [-0.15, -0.1) is 0 Å². The van der Waals surface area contributed by atoms with Crippen LogP contribution in [0.1, 0.15) is 47.0 Å². The summed E-state index contributed by atoms with van der Waals surface area (Å²) in [5.74, 6) is -0.325. The van der Waals surface area contributed by atoms with Gasteiger partial charge in [0.15, 0.2) is 5.84 Å². The Hall–Kier alpha value is -2.09. The van der Waals surface area contributed by atoms with Gasteiger partial charge in [0, 0.05) is 5.92 Å². The number of amides is 1. The molecule has 2 aliphatic heterocycles. The lowest BCUT2D eigenvalue weighted by atomic mass is 9.87. The molecular formula is C19H30N2O6. The van der Waals surface area contributed by atoms with Gasteiger partial charge in [0.25, 0.3) is 0 Å². The molecule has 2 heterocycles. The van der Waals surface area contributed by atoms with Crippen molar-refractivity contribution in [3.05, 3.63) is 12.2 Å². The number of ether oxygens (including phenoxy) is 3. The molecular weight excluding hydrogens is 352 g/mol. The van der Waals surface area contributed by atoms with Gasteiger partial charge < -0.3 is 24.7 Å². The number of carbonyl (C=O) groups is 2. The molecule has 2 N–H and O–H groups in total. The van der Waals surface area contributed by atoms with Crippen molar-refractivity contribution < 1.29 is 29.0 Å². The molecule has 2 unspecified atom stereocenters. The second kappa shape index (κ2) is 9.21. The summed E-state index contributed by atoms with van der Waals surface area (Å²) in [6, 6.07) is 0. The Morgan fingerprint density at radius 1 is 1.33 bits per heavy atom. The maximum absolute atomic E-state index is 12.3. The van der Waals surface area contributed by atoms with Crippen molar-refractivity contribution in [2.24, 2.45) is 22.4 Å². The predicted octanol–water partition coefficient (Wildman–Crippen LogP) is 2.85. The molecule has 0 aliphatic carbocycles. The van der Waals surface area contributed by atoms with E-state index in [0.717, 1.165) is 12.8 Å². The number of oxime groups is 1. The number of rotatable bonds is 5. The molecule has 0 aromatic rings.